The lowest BCUT2D eigenvalue weighted by Crippen LogP contribution is -2.31. The van der Waals surface area contributed by atoms with Crippen molar-refractivity contribution >= 4 is 22.2 Å². The van der Waals surface area contributed by atoms with E-state index >= 15 is 0 Å². The average molecular weight is 432 g/mol. The van der Waals surface area contributed by atoms with Gasteiger partial charge in [-0.3, -0.25) is 4.40 Å². The lowest BCUT2D eigenvalue weighted by molar-refractivity contribution is 0.146. The second kappa shape index (κ2) is 8.76. The first kappa shape index (κ1) is 20.7. The van der Waals surface area contributed by atoms with Crippen LogP contribution in [0.15, 0.2) is 54.9 Å². The molecule has 7 nitrogen and oxygen atoms in total. The van der Waals surface area contributed by atoms with E-state index < -0.39 is 0 Å². The maximum Gasteiger partial charge on any atom is 0.140 e. The van der Waals surface area contributed by atoms with Crippen molar-refractivity contribution in [2.45, 2.75) is 12.5 Å². The van der Waals surface area contributed by atoms with Gasteiger partial charge in [0.05, 0.1) is 35.4 Å². The molecule has 1 atom stereocenters. The number of aromatic nitrogens is 3. The molecule has 1 aromatic carbocycles. The standard InChI is InChI=1S/C25H29N5O2/c1-28(2)19-9-11-29(17-19)22-6-4-5-18-7-8-21(27-25(18)22)23-16-26-24-15-20(10-12-30(23)24)32-14-13-31-3/h4-8,10,12,15-16,19H,9,11,13-14,17H2,1-3H3/t19-/m0/s1. The second-order valence-electron chi connectivity index (χ2n) is 8.47. The average Bonchev–Trinajstić information content (AvgIpc) is 3.46. The van der Waals surface area contributed by atoms with Crippen LogP contribution in [0, 0.1) is 0 Å². The summed E-state index contributed by atoms with van der Waals surface area (Å²) < 4.78 is 12.8. The Morgan fingerprint density at radius 3 is 2.84 bits per heavy atom. The Kier molecular flexibility index (Phi) is 5.68. The molecule has 1 fully saturated rings. The molecule has 0 aliphatic carbocycles. The number of hydrogen-bond donors (Lipinski definition) is 0. The highest BCUT2D eigenvalue weighted by Gasteiger charge is 2.25. The number of hydrogen-bond acceptors (Lipinski definition) is 6. The van der Waals surface area contributed by atoms with Crippen LogP contribution in [0.2, 0.25) is 0 Å². The predicted molar refractivity (Wildman–Crippen MR) is 128 cm³/mol. The van der Waals surface area contributed by atoms with Crippen LogP contribution in [0.1, 0.15) is 6.42 Å². The smallest absolute Gasteiger partial charge is 0.140 e. The van der Waals surface area contributed by atoms with Gasteiger partial charge in [0.25, 0.3) is 0 Å². The molecule has 0 amide bonds. The normalized spacial score (nSPS) is 16.5. The van der Waals surface area contributed by atoms with E-state index in [4.69, 9.17) is 14.5 Å². The Morgan fingerprint density at radius 2 is 2.03 bits per heavy atom. The van der Waals surface area contributed by atoms with E-state index in [2.05, 4.69) is 63.6 Å². The summed E-state index contributed by atoms with van der Waals surface area (Å²) in [5.41, 5.74) is 4.95. The number of pyridine rings is 2. The van der Waals surface area contributed by atoms with E-state index in [9.17, 15) is 0 Å². The third-order valence-electron chi connectivity index (χ3n) is 6.24. The van der Waals surface area contributed by atoms with Gasteiger partial charge in [-0.1, -0.05) is 18.2 Å². The zero-order valence-electron chi connectivity index (χ0n) is 18.9. The third kappa shape index (κ3) is 3.89. The number of imidazole rings is 1. The van der Waals surface area contributed by atoms with Crippen molar-refractivity contribution in [2.24, 2.45) is 0 Å². The topological polar surface area (TPSA) is 55.1 Å². The minimum Gasteiger partial charge on any atom is -0.491 e. The highest BCUT2D eigenvalue weighted by molar-refractivity contribution is 5.92. The first-order valence-electron chi connectivity index (χ1n) is 11.0. The summed E-state index contributed by atoms with van der Waals surface area (Å²) in [5, 5.41) is 1.15. The molecule has 4 aromatic rings. The van der Waals surface area contributed by atoms with Gasteiger partial charge >= 0.3 is 0 Å². The van der Waals surface area contributed by atoms with Crippen molar-refractivity contribution in [3.8, 4) is 17.1 Å². The lowest BCUT2D eigenvalue weighted by atomic mass is 10.1. The van der Waals surface area contributed by atoms with Crippen molar-refractivity contribution in [2.75, 3.05) is 52.4 Å². The Morgan fingerprint density at radius 1 is 1.12 bits per heavy atom. The maximum absolute atomic E-state index is 5.72. The van der Waals surface area contributed by atoms with Gasteiger partial charge in [0.15, 0.2) is 0 Å². The molecule has 0 spiro atoms. The van der Waals surface area contributed by atoms with Crippen LogP contribution in [0.4, 0.5) is 5.69 Å². The minimum atomic E-state index is 0.514. The fourth-order valence-corrected chi connectivity index (χ4v) is 4.40. The Hall–Kier alpha value is -3.16. The highest BCUT2D eigenvalue weighted by atomic mass is 16.5. The van der Waals surface area contributed by atoms with E-state index in [0.29, 0.717) is 19.3 Å². The summed E-state index contributed by atoms with van der Waals surface area (Å²) >= 11 is 0. The van der Waals surface area contributed by atoms with Gasteiger partial charge < -0.3 is 19.3 Å². The summed E-state index contributed by atoms with van der Waals surface area (Å²) in [6, 6.07) is 15.1. The lowest BCUT2D eigenvalue weighted by Gasteiger charge is -2.22. The minimum absolute atomic E-state index is 0.514. The van der Waals surface area contributed by atoms with Gasteiger partial charge in [0.1, 0.15) is 18.0 Å². The summed E-state index contributed by atoms with van der Waals surface area (Å²) in [4.78, 5) is 14.5. The van der Waals surface area contributed by atoms with Crippen molar-refractivity contribution in [1.29, 1.82) is 0 Å². The van der Waals surface area contributed by atoms with E-state index in [0.717, 1.165) is 46.8 Å². The first-order valence-corrected chi connectivity index (χ1v) is 11.0. The molecule has 3 aromatic heterocycles. The zero-order chi connectivity index (χ0) is 22.1. The van der Waals surface area contributed by atoms with Crippen LogP contribution in [0.3, 0.4) is 0 Å². The van der Waals surface area contributed by atoms with Crippen LogP contribution in [-0.2, 0) is 4.74 Å². The summed E-state index contributed by atoms with van der Waals surface area (Å²) in [5.74, 6) is 0.782. The number of benzene rings is 1. The van der Waals surface area contributed by atoms with E-state index in [-0.39, 0.29) is 0 Å². The molecule has 7 heteroatoms. The fraction of sp³-hybridized carbons (Fsp3) is 0.360. The van der Waals surface area contributed by atoms with Crippen molar-refractivity contribution in [1.82, 2.24) is 19.3 Å². The molecular weight excluding hydrogens is 402 g/mol. The van der Waals surface area contributed by atoms with Crippen molar-refractivity contribution in [3.05, 3.63) is 54.9 Å². The zero-order valence-corrected chi connectivity index (χ0v) is 18.9. The van der Waals surface area contributed by atoms with Gasteiger partial charge in [0, 0.05) is 43.9 Å². The number of rotatable bonds is 7. The monoisotopic (exact) mass is 431 g/mol. The van der Waals surface area contributed by atoms with Crippen LogP contribution in [-0.4, -0.2) is 72.8 Å². The number of ether oxygens (including phenoxy) is 2. The number of methoxy groups -OCH3 is 1. The molecule has 0 unspecified atom stereocenters. The first-order chi connectivity index (χ1) is 15.6. The van der Waals surface area contributed by atoms with Crippen LogP contribution in [0.5, 0.6) is 5.75 Å². The van der Waals surface area contributed by atoms with E-state index in [1.807, 2.05) is 24.5 Å². The third-order valence-corrected chi connectivity index (χ3v) is 6.24. The van der Waals surface area contributed by atoms with Gasteiger partial charge in [-0.05, 0) is 38.7 Å². The Labute approximate surface area is 188 Å². The Bertz CT molecular complexity index is 1240. The molecule has 5 rings (SSSR count). The summed E-state index contributed by atoms with van der Waals surface area (Å²) in [6.07, 6.45) is 5.04. The number of para-hydroxylation sites is 1. The van der Waals surface area contributed by atoms with Gasteiger partial charge in [-0.25, -0.2) is 9.97 Å². The van der Waals surface area contributed by atoms with Crippen LogP contribution < -0.4 is 9.64 Å². The molecule has 1 aliphatic rings. The number of nitrogens with zero attached hydrogens (tertiary/aromatic N) is 5. The maximum atomic E-state index is 5.72. The van der Waals surface area contributed by atoms with Gasteiger partial charge in [-0.2, -0.15) is 0 Å². The molecule has 4 heterocycles. The molecule has 0 N–H and O–H groups in total. The van der Waals surface area contributed by atoms with Gasteiger partial charge in [0.2, 0.25) is 0 Å². The SMILES string of the molecule is COCCOc1ccn2c(-c3ccc4cccc(N5CC[C@H](N(C)C)C5)c4n3)cnc2c1. The Balaban J connectivity index is 1.49. The molecule has 0 bridgehead atoms. The van der Waals surface area contributed by atoms with Crippen LogP contribution >= 0.6 is 0 Å². The highest BCUT2D eigenvalue weighted by Crippen LogP contribution is 2.31. The predicted octanol–water partition coefficient (Wildman–Crippen LogP) is 3.72. The molecule has 1 saturated heterocycles. The quantitative estimate of drug-likeness (QED) is 0.416. The molecule has 0 saturated carbocycles. The molecular formula is C25H29N5O2. The van der Waals surface area contributed by atoms with Crippen molar-refractivity contribution < 1.29 is 9.47 Å². The van der Waals surface area contributed by atoms with Crippen LogP contribution in [0.25, 0.3) is 27.9 Å². The fourth-order valence-electron chi connectivity index (χ4n) is 4.40. The van der Waals surface area contributed by atoms with E-state index in [1.54, 1.807) is 7.11 Å². The van der Waals surface area contributed by atoms with Crippen molar-refractivity contribution in [3.63, 3.8) is 0 Å². The molecule has 166 valence electrons. The molecule has 0 radical (unpaired) electrons. The number of anilines is 1. The second-order valence-corrected chi connectivity index (χ2v) is 8.47. The largest absolute Gasteiger partial charge is 0.491 e. The molecule has 1 aliphatic heterocycles. The summed E-state index contributed by atoms with van der Waals surface area (Å²) in [7, 11) is 5.98. The summed E-state index contributed by atoms with van der Waals surface area (Å²) in [6.45, 7) is 3.15. The molecule has 32 heavy (non-hydrogen) atoms. The number of likely N-dealkylation sites (N-methyl/N-ethyl adjacent to an activating group) is 1. The van der Waals surface area contributed by atoms with E-state index in [1.165, 1.54) is 12.1 Å². The number of fused-ring (bicyclic) bond motifs is 2. The van der Waals surface area contributed by atoms with Gasteiger partial charge in [-0.15, -0.1) is 0 Å².